The van der Waals surface area contributed by atoms with E-state index in [4.69, 9.17) is 0 Å². The van der Waals surface area contributed by atoms with Crippen molar-refractivity contribution >= 4 is 45.7 Å². The molecule has 47 heavy (non-hydrogen) atoms. The molecule has 4 rings (SSSR count). The summed E-state index contributed by atoms with van der Waals surface area (Å²) in [6.07, 6.45) is 7.74. The Kier molecular flexibility index (Phi) is 13.6. The zero-order valence-corrected chi connectivity index (χ0v) is 28.5. The Labute approximate surface area is 283 Å². The second-order valence-corrected chi connectivity index (χ2v) is 13.5. The molecule has 2 aliphatic rings. The molecule has 1 aromatic carbocycles. The molecular formula is C33H46BrN7O6. The largest absolute Gasteiger partial charge is 0.391 e. The molecule has 1 aromatic heterocycles. The number of aromatic nitrogens is 2. The first-order chi connectivity index (χ1) is 22.6. The van der Waals surface area contributed by atoms with Gasteiger partial charge in [-0.25, -0.2) is 4.98 Å². The lowest BCUT2D eigenvalue weighted by Gasteiger charge is -2.52. The highest BCUT2D eigenvalue weighted by Crippen LogP contribution is 2.39. The Hall–Kier alpha value is -3.46. The van der Waals surface area contributed by atoms with Gasteiger partial charge in [0, 0.05) is 67.4 Å². The number of fused-ring (bicyclic) bond motifs is 1. The molecule has 0 spiro atoms. The van der Waals surface area contributed by atoms with E-state index in [1.54, 1.807) is 24.7 Å². The van der Waals surface area contributed by atoms with E-state index in [2.05, 4.69) is 47.2 Å². The third kappa shape index (κ3) is 10.3. The van der Waals surface area contributed by atoms with Gasteiger partial charge in [0.1, 0.15) is 12.3 Å². The van der Waals surface area contributed by atoms with Gasteiger partial charge < -0.3 is 41.1 Å². The number of aromatic amines is 1. The molecule has 6 N–H and O–H groups in total. The zero-order chi connectivity index (χ0) is 33.9. The molecule has 256 valence electrons. The van der Waals surface area contributed by atoms with E-state index < -0.39 is 30.0 Å². The number of carbonyl (C=O) groups excluding carboxylic acids is 5. The van der Waals surface area contributed by atoms with Crippen molar-refractivity contribution in [2.24, 2.45) is 11.8 Å². The molecule has 1 aliphatic heterocycles. The number of rotatable bonds is 16. The lowest BCUT2D eigenvalue weighted by atomic mass is 9.69. The first-order valence-electron chi connectivity index (χ1n) is 16.3. The van der Waals surface area contributed by atoms with E-state index >= 15 is 0 Å². The summed E-state index contributed by atoms with van der Waals surface area (Å²) in [5, 5.41) is 21.8. The van der Waals surface area contributed by atoms with Crippen molar-refractivity contribution in [3.05, 3.63) is 52.5 Å². The number of H-pyrrole nitrogens is 1. The summed E-state index contributed by atoms with van der Waals surface area (Å²) in [6, 6.07) is 5.23. The normalized spacial score (nSPS) is 22.8. The fourth-order valence-electron chi connectivity index (χ4n) is 6.78. The maximum Gasteiger partial charge on any atom is 0.254 e. The number of amides is 3. The molecule has 2 heterocycles. The first kappa shape index (κ1) is 36.4. The molecule has 3 amide bonds. The van der Waals surface area contributed by atoms with E-state index in [0.29, 0.717) is 37.5 Å². The van der Waals surface area contributed by atoms with Crippen LogP contribution in [-0.2, 0) is 25.6 Å². The number of piperidine rings is 1. The number of Topliss-reactive ketones (excluding diaryl/α,β-unsaturated/α-hetero) is 1. The van der Waals surface area contributed by atoms with E-state index in [1.807, 2.05) is 17.0 Å². The summed E-state index contributed by atoms with van der Waals surface area (Å²) >= 11 is 3.45. The highest BCUT2D eigenvalue weighted by atomic mass is 79.9. The number of hydrogen-bond donors (Lipinski definition) is 6. The molecule has 14 heteroatoms. The highest BCUT2D eigenvalue weighted by molar-refractivity contribution is 9.10. The Morgan fingerprint density at radius 1 is 1.17 bits per heavy atom. The maximum atomic E-state index is 14.0. The van der Waals surface area contributed by atoms with Crippen LogP contribution in [0.1, 0.15) is 62.0 Å². The number of hydrogen-bond acceptors (Lipinski definition) is 9. The van der Waals surface area contributed by atoms with Gasteiger partial charge in [-0.05, 0) is 55.9 Å². The number of ketones is 1. The van der Waals surface area contributed by atoms with Crippen molar-refractivity contribution in [3.63, 3.8) is 0 Å². The molecule has 2 fully saturated rings. The number of nitrogens with zero attached hydrogens (tertiary/aromatic N) is 2. The molecule has 0 bridgehead atoms. The predicted octanol–water partition coefficient (Wildman–Crippen LogP) is 1.12. The standard InChI is InChI=1S/C33H46BrN7O6/c1-20(43)30(40-21(2)44)32(46)38-15-27(45)11-12-36-31-28-6-4-3-5-23(28)17-41(33(47)22-7-9-24(34)10-8-22)29(31)16-37-26(18-42)13-25-14-35-19-39-25/h7-10,14,18-20,23,26,28-31,36-37,43H,3-6,11-13,15-17H2,1-2H3,(H,35,39)(H,38,46)(H,40,44)/t20-,23-,26+,28+,29-,30+,31+/m1/s1. The van der Waals surface area contributed by atoms with Gasteiger partial charge in [-0.1, -0.05) is 28.8 Å². The second-order valence-electron chi connectivity index (χ2n) is 12.6. The number of halogens is 1. The average Bonchev–Trinajstić information content (AvgIpc) is 3.57. The maximum absolute atomic E-state index is 14.0. The number of imidazole rings is 1. The quantitative estimate of drug-likeness (QED) is 0.139. The molecule has 13 nitrogen and oxygen atoms in total. The van der Waals surface area contributed by atoms with Crippen molar-refractivity contribution < 1.29 is 29.1 Å². The number of benzene rings is 1. The van der Waals surface area contributed by atoms with Gasteiger partial charge in [0.25, 0.3) is 5.91 Å². The first-order valence-corrected chi connectivity index (χ1v) is 17.1. The number of nitrogens with one attached hydrogen (secondary N) is 5. The molecule has 1 saturated heterocycles. The van der Waals surface area contributed by atoms with Crippen LogP contribution >= 0.6 is 15.9 Å². The Morgan fingerprint density at radius 3 is 2.57 bits per heavy atom. The number of aliphatic hydroxyl groups excluding tert-OH is 1. The topological polar surface area (TPSA) is 186 Å². The molecular weight excluding hydrogens is 670 g/mol. The smallest absolute Gasteiger partial charge is 0.254 e. The highest BCUT2D eigenvalue weighted by Gasteiger charge is 2.45. The van der Waals surface area contributed by atoms with Gasteiger partial charge in [0.2, 0.25) is 11.8 Å². The molecule has 2 aromatic rings. The summed E-state index contributed by atoms with van der Waals surface area (Å²) in [5.41, 5.74) is 1.40. The van der Waals surface area contributed by atoms with Crippen molar-refractivity contribution in [1.82, 2.24) is 36.1 Å². The molecule has 0 radical (unpaired) electrons. The van der Waals surface area contributed by atoms with Gasteiger partial charge in [-0.15, -0.1) is 0 Å². The summed E-state index contributed by atoms with van der Waals surface area (Å²) in [7, 11) is 0. The Bertz CT molecular complexity index is 1360. The Balaban J connectivity index is 1.48. The minimum absolute atomic E-state index is 0.0815. The zero-order valence-electron chi connectivity index (χ0n) is 26.9. The fourth-order valence-corrected chi connectivity index (χ4v) is 7.04. The van der Waals surface area contributed by atoms with E-state index in [0.717, 1.165) is 42.1 Å². The van der Waals surface area contributed by atoms with Crippen molar-refractivity contribution in [3.8, 4) is 0 Å². The molecule has 0 unspecified atom stereocenters. The van der Waals surface area contributed by atoms with Crippen LogP contribution in [0.3, 0.4) is 0 Å². The predicted molar refractivity (Wildman–Crippen MR) is 178 cm³/mol. The molecule has 1 aliphatic carbocycles. The SMILES string of the molecule is CC(=O)N[C@H](C(=O)NCC(=O)CCN[C@H]1[C@H]2CCCC[C@@H]2CN(C(=O)c2ccc(Br)cc2)[C@@H]1CN[C@H](C=O)Cc1cnc[nH]1)[C@@H](C)O. The summed E-state index contributed by atoms with van der Waals surface area (Å²) in [5.74, 6) is -0.820. The lowest BCUT2D eigenvalue weighted by molar-refractivity contribution is -0.131. The average molecular weight is 717 g/mol. The summed E-state index contributed by atoms with van der Waals surface area (Å²) in [6.45, 7) is 3.70. The van der Waals surface area contributed by atoms with Crippen LogP contribution in [-0.4, -0.2) is 106 Å². The van der Waals surface area contributed by atoms with E-state index in [9.17, 15) is 29.1 Å². The number of likely N-dealkylation sites (tertiary alicyclic amines) is 1. The Morgan fingerprint density at radius 2 is 1.91 bits per heavy atom. The minimum Gasteiger partial charge on any atom is -0.391 e. The third-order valence-corrected chi connectivity index (χ3v) is 9.67. The van der Waals surface area contributed by atoms with Gasteiger partial charge >= 0.3 is 0 Å². The van der Waals surface area contributed by atoms with Gasteiger partial charge in [-0.3, -0.25) is 19.2 Å². The molecule has 7 atom stereocenters. The minimum atomic E-state index is -1.16. The van der Waals surface area contributed by atoms with Crippen LogP contribution in [0.5, 0.6) is 0 Å². The van der Waals surface area contributed by atoms with Gasteiger partial charge in [0.05, 0.1) is 31.1 Å². The number of carbonyl (C=O) groups is 5. The van der Waals surface area contributed by atoms with Crippen LogP contribution in [0.2, 0.25) is 0 Å². The summed E-state index contributed by atoms with van der Waals surface area (Å²) < 4.78 is 0.878. The van der Waals surface area contributed by atoms with Crippen LogP contribution in [0.15, 0.2) is 41.3 Å². The second kappa shape index (κ2) is 17.6. The van der Waals surface area contributed by atoms with E-state index in [1.165, 1.54) is 13.8 Å². The fraction of sp³-hybridized carbons (Fsp3) is 0.576. The van der Waals surface area contributed by atoms with Crippen molar-refractivity contribution in [2.75, 3.05) is 26.2 Å². The number of aldehydes is 1. The number of aliphatic hydroxyl groups is 1. The monoisotopic (exact) mass is 715 g/mol. The van der Waals surface area contributed by atoms with Crippen molar-refractivity contribution in [2.45, 2.75) is 82.6 Å². The van der Waals surface area contributed by atoms with Crippen LogP contribution in [0.4, 0.5) is 0 Å². The molecule has 1 saturated carbocycles. The van der Waals surface area contributed by atoms with E-state index in [-0.39, 0.29) is 42.7 Å². The third-order valence-electron chi connectivity index (χ3n) is 9.14. The van der Waals surface area contributed by atoms with Crippen LogP contribution in [0, 0.1) is 11.8 Å². The summed E-state index contributed by atoms with van der Waals surface area (Å²) in [4.78, 5) is 71.9. The van der Waals surface area contributed by atoms with Gasteiger partial charge in [-0.2, -0.15) is 0 Å². The van der Waals surface area contributed by atoms with Crippen molar-refractivity contribution in [1.29, 1.82) is 0 Å². The van der Waals surface area contributed by atoms with Crippen LogP contribution < -0.4 is 21.3 Å². The van der Waals surface area contributed by atoms with Gasteiger partial charge in [0.15, 0.2) is 5.78 Å². The lowest BCUT2D eigenvalue weighted by Crippen LogP contribution is -2.66. The van der Waals surface area contributed by atoms with Crippen LogP contribution in [0.25, 0.3) is 0 Å².